The molecule has 0 aliphatic rings. The van der Waals surface area contributed by atoms with Gasteiger partial charge in [-0.1, -0.05) is 6.92 Å². The molecule has 1 unspecified atom stereocenters. The molecular weight excluding hydrogens is 255 g/mol. The molecule has 0 spiro atoms. The summed E-state index contributed by atoms with van der Waals surface area (Å²) >= 11 is 1.82. The number of rotatable bonds is 7. The van der Waals surface area contributed by atoms with Gasteiger partial charge in [-0.3, -0.25) is 10.1 Å². The number of halogens is 1. The first-order chi connectivity index (χ1) is 8.52. The molecule has 0 amide bonds. The Morgan fingerprint density at radius 3 is 2.83 bits per heavy atom. The Hall–Kier alpha value is -1.14. The van der Waals surface area contributed by atoms with Crippen molar-refractivity contribution < 1.29 is 9.31 Å². The fourth-order valence-corrected chi connectivity index (χ4v) is 2.19. The number of hydrogen-bond donors (Lipinski definition) is 1. The number of nitrogens with one attached hydrogen (secondary N) is 1. The molecule has 0 fully saturated rings. The van der Waals surface area contributed by atoms with Crippen molar-refractivity contribution >= 4 is 17.4 Å². The maximum Gasteiger partial charge on any atom is 0.272 e. The van der Waals surface area contributed by atoms with E-state index in [0.717, 1.165) is 17.6 Å². The van der Waals surface area contributed by atoms with E-state index >= 15 is 0 Å². The quantitative estimate of drug-likeness (QED) is 0.612. The zero-order chi connectivity index (χ0) is 13.5. The first-order valence-corrected chi connectivity index (χ1v) is 6.93. The van der Waals surface area contributed by atoms with E-state index in [4.69, 9.17) is 0 Å². The average Bonchev–Trinajstić information content (AvgIpc) is 2.33. The van der Waals surface area contributed by atoms with Crippen LogP contribution in [-0.2, 0) is 6.54 Å². The van der Waals surface area contributed by atoms with Crippen molar-refractivity contribution in [3.63, 3.8) is 0 Å². The van der Waals surface area contributed by atoms with Crippen LogP contribution in [0.3, 0.4) is 0 Å². The molecule has 1 rings (SSSR count). The van der Waals surface area contributed by atoms with E-state index in [2.05, 4.69) is 12.2 Å². The van der Waals surface area contributed by atoms with Crippen LogP contribution >= 0.6 is 11.8 Å². The highest BCUT2D eigenvalue weighted by Gasteiger charge is 2.10. The minimum Gasteiger partial charge on any atom is -0.309 e. The van der Waals surface area contributed by atoms with Crippen LogP contribution < -0.4 is 5.32 Å². The fourth-order valence-electron chi connectivity index (χ4n) is 1.49. The predicted octanol–water partition coefficient (Wildman–Crippen LogP) is 2.97. The molecule has 0 saturated carbocycles. The van der Waals surface area contributed by atoms with E-state index in [1.54, 1.807) is 0 Å². The van der Waals surface area contributed by atoms with Gasteiger partial charge in [0.2, 0.25) is 0 Å². The van der Waals surface area contributed by atoms with Gasteiger partial charge in [0.15, 0.2) is 0 Å². The minimum atomic E-state index is -0.580. The van der Waals surface area contributed by atoms with Crippen LogP contribution in [0, 0.1) is 15.9 Å². The van der Waals surface area contributed by atoms with Gasteiger partial charge in [-0.05, 0) is 24.3 Å². The molecule has 1 N–H and O–H groups in total. The van der Waals surface area contributed by atoms with E-state index in [0.29, 0.717) is 12.1 Å². The second kappa shape index (κ2) is 7.33. The van der Waals surface area contributed by atoms with Crippen LogP contribution in [0.4, 0.5) is 10.1 Å². The molecule has 18 heavy (non-hydrogen) atoms. The lowest BCUT2D eigenvalue weighted by Crippen LogP contribution is -2.27. The molecule has 0 saturated heterocycles. The molecule has 1 aromatic carbocycles. The Morgan fingerprint density at radius 1 is 1.50 bits per heavy atom. The summed E-state index contributed by atoms with van der Waals surface area (Å²) in [5.74, 6) is 1.45. The van der Waals surface area contributed by atoms with Crippen molar-refractivity contribution in [2.24, 2.45) is 0 Å². The van der Waals surface area contributed by atoms with E-state index in [-0.39, 0.29) is 11.7 Å². The third kappa shape index (κ3) is 5.01. The second-order valence-corrected chi connectivity index (χ2v) is 5.34. The minimum absolute atomic E-state index is 0.206. The molecule has 1 aromatic rings. The highest BCUT2D eigenvalue weighted by Crippen LogP contribution is 2.16. The molecule has 1 atom stereocenters. The molecule has 0 aliphatic heterocycles. The summed E-state index contributed by atoms with van der Waals surface area (Å²) in [6.07, 6.45) is 0. The molecule has 0 heterocycles. The SMILES string of the molecule is CCSCC(C)NCc1cc(F)cc([N+](=O)[O-])c1. The summed E-state index contributed by atoms with van der Waals surface area (Å²) in [4.78, 5) is 10.0. The fraction of sp³-hybridized carbons (Fsp3) is 0.500. The lowest BCUT2D eigenvalue weighted by molar-refractivity contribution is -0.385. The Balaban J connectivity index is 2.59. The largest absolute Gasteiger partial charge is 0.309 e. The van der Waals surface area contributed by atoms with Crippen LogP contribution in [0.5, 0.6) is 0 Å². The third-order valence-corrected chi connectivity index (χ3v) is 3.52. The second-order valence-electron chi connectivity index (χ2n) is 4.02. The van der Waals surface area contributed by atoms with Crippen LogP contribution in [0.25, 0.3) is 0 Å². The van der Waals surface area contributed by atoms with Crippen LogP contribution in [-0.4, -0.2) is 22.5 Å². The summed E-state index contributed by atoms with van der Waals surface area (Å²) in [5.41, 5.74) is 0.387. The first-order valence-electron chi connectivity index (χ1n) is 5.78. The molecular formula is C12H17FN2O2S. The summed E-state index contributed by atoms with van der Waals surface area (Å²) < 4.78 is 13.2. The lowest BCUT2D eigenvalue weighted by Gasteiger charge is -2.12. The van der Waals surface area contributed by atoms with E-state index in [9.17, 15) is 14.5 Å². The summed E-state index contributed by atoms with van der Waals surface area (Å²) in [5, 5.41) is 13.8. The number of nitro benzene ring substituents is 1. The Kier molecular flexibility index (Phi) is 6.07. The number of thioether (sulfide) groups is 1. The molecule has 4 nitrogen and oxygen atoms in total. The van der Waals surface area contributed by atoms with Crippen LogP contribution in [0.15, 0.2) is 18.2 Å². The van der Waals surface area contributed by atoms with Crippen molar-refractivity contribution in [3.8, 4) is 0 Å². The summed E-state index contributed by atoms with van der Waals surface area (Å²) in [6.45, 7) is 4.56. The molecule has 0 aromatic heterocycles. The lowest BCUT2D eigenvalue weighted by atomic mass is 10.2. The topological polar surface area (TPSA) is 55.2 Å². The standard InChI is InChI=1S/C12H17FN2O2S/c1-3-18-8-9(2)14-7-10-4-11(13)6-12(5-10)15(16)17/h4-6,9,14H,3,7-8H2,1-2H3. The van der Waals surface area contributed by atoms with Gasteiger partial charge in [-0.2, -0.15) is 11.8 Å². The van der Waals surface area contributed by atoms with Crippen LogP contribution in [0.2, 0.25) is 0 Å². The number of nitro groups is 1. The Bertz CT molecular complexity index is 415. The van der Waals surface area contributed by atoms with Gasteiger partial charge in [0.25, 0.3) is 5.69 Å². The Labute approximate surface area is 110 Å². The summed E-state index contributed by atoms with van der Waals surface area (Å²) in [6, 6.07) is 3.94. The zero-order valence-corrected chi connectivity index (χ0v) is 11.3. The third-order valence-electron chi connectivity index (χ3n) is 2.38. The van der Waals surface area contributed by atoms with Gasteiger partial charge in [0.1, 0.15) is 5.82 Å². The van der Waals surface area contributed by atoms with E-state index in [1.807, 2.05) is 18.7 Å². The maximum absolute atomic E-state index is 13.2. The maximum atomic E-state index is 13.2. The molecule has 0 radical (unpaired) electrons. The number of benzene rings is 1. The normalized spacial score (nSPS) is 12.4. The van der Waals surface area contributed by atoms with Crippen molar-refractivity contribution in [3.05, 3.63) is 39.7 Å². The van der Waals surface area contributed by atoms with Crippen molar-refractivity contribution in [1.82, 2.24) is 5.32 Å². The van der Waals surface area contributed by atoms with Gasteiger partial charge in [0.05, 0.1) is 11.0 Å². The highest BCUT2D eigenvalue weighted by molar-refractivity contribution is 7.99. The summed E-state index contributed by atoms with van der Waals surface area (Å²) in [7, 11) is 0. The number of nitrogens with zero attached hydrogens (tertiary/aromatic N) is 1. The highest BCUT2D eigenvalue weighted by atomic mass is 32.2. The van der Waals surface area contributed by atoms with Crippen molar-refractivity contribution in [2.45, 2.75) is 26.4 Å². The number of non-ortho nitro benzene ring substituents is 1. The first kappa shape index (κ1) is 14.9. The smallest absolute Gasteiger partial charge is 0.272 e. The van der Waals surface area contributed by atoms with Gasteiger partial charge >= 0.3 is 0 Å². The van der Waals surface area contributed by atoms with Gasteiger partial charge in [0, 0.05) is 24.4 Å². The zero-order valence-electron chi connectivity index (χ0n) is 10.5. The van der Waals surface area contributed by atoms with Crippen molar-refractivity contribution in [1.29, 1.82) is 0 Å². The predicted molar refractivity (Wildman–Crippen MR) is 72.4 cm³/mol. The molecule has 6 heteroatoms. The van der Waals surface area contributed by atoms with Gasteiger partial charge < -0.3 is 5.32 Å². The molecule has 0 aliphatic carbocycles. The van der Waals surface area contributed by atoms with Gasteiger partial charge in [-0.15, -0.1) is 0 Å². The van der Waals surface area contributed by atoms with E-state index < -0.39 is 10.7 Å². The monoisotopic (exact) mass is 272 g/mol. The number of hydrogen-bond acceptors (Lipinski definition) is 4. The average molecular weight is 272 g/mol. The molecule has 0 bridgehead atoms. The van der Waals surface area contributed by atoms with Crippen molar-refractivity contribution in [2.75, 3.05) is 11.5 Å². The van der Waals surface area contributed by atoms with Crippen LogP contribution in [0.1, 0.15) is 19.4 Å². The Morgan fingerprint density at radius 2 is 2.22 bits per heavy atom. The molecule has 100 valence electrons. The van der Waals surface area contributed by atoms with Gasteiger partial charge in [-0.25, -0.2) is 4.39 Å². The van der Waals surface area contributed by atoms with E-state index in [1.165, 1.54) is 12.1 Å².